The maximum Gasteiger partial charge on any atom is 0.226 e. The van der Waals surface area contributed by atoms with E-state index in [1.807, 2.05) is 0 Å². The van der Waals surface area contributed by atoms with E-state index in [4.69, 9.17) is 4.98 Å². The molecule has 2 unspecified atom stereocenters. The zero-order valence-corrected chi connectivity index (χ0v) is 18.0. The van der Waals surface area contributed by atoms with Gasteiger partial charge in [-0.05, 0) is 68.3 Å². The number of nitrogens with zero attached hydrogens (tertiary/aromatic N) is 1. The molecule has 2 aromatic rings. The number of carbonyl (C=O) groups excluding carboxylic acids is 1. The Morgan fingerprint density at radius 1 is 1.18 bits per heavy atom. The zero-order chi connectivity index (χ0) is 19.6. The summed E-state index contributed by atoms with van der Waals surface area (Å²) in [6, 6.07) is 8.44. The third-order valence-corrected chi connectivity index (χ3v) is 8.29. The van der Waals surface area contributed by atoms with Crippen molar-refractivity contribution in [3.63, 3.8) is 0 Å². The summed E-state index contributed by atoms with van der Waals surface area (Å²) in [5.41, 5.74) is 3.96. The van der Waals surface area contributed by atoms with Crippen LogP contribution in [0.15, 0.2) is 29.6 Å². The van der Waals surface area contributed by atoms with Crippen molar-refractivity contribution in [1.82, 2.24) is 10.3 Å². The number of carbonyl (C=O) groups is 1. The summed E-state index contributed by atoms with van der Waals surface area (Å²) in [4.78, 5) is 18.1. The van der Waals surface area contributed by atoms with Gasteiger partial charge in [0.2, 0.25) is 5.91 Å². The molecule has 1 aromatic carbocycles. The van der Waals surface area contributed by atoms with Crippen LogP contribution in [-0.4, -0.2) is 10.9 Å². The predicted octanol–water partition coefficient (Wildman–Crippen LogP) is 5.73. The fraction of sp³-hybridized carbons (Fsp3) is 0.583. The Morgan fingerprint density at radius 2 is 1.93 bits per heavy atom. The highest BCUT2D eigenvalue weighted by molar-refractivity contribution is 7.13. The van der Waals surface area contributed by atoms with Gasteiger partial charge in [0, 0.05) is 10.9 Å². The average Bonchev–Trinajstić information content (AvgIpc) is 3.05. The summed E-state index contributed by atoms with van der Waals surface area (Å²) in [6.45, 7) is 7.49. The first-order valence-corrected chi connectivity index (χ1v) is 11.4. The summed E-state index contributed by atoms with van der Waals surface area (Å²) in [6.07, 6.45) is 7.19. The van der Waals surface area contributed by atoms with Crippen LogP contribution in [0.2, 0.25) is 0 Å². The molecular weight excluding hydrogens is 364 g/mol. The number of aromatic nitrogens is 1. The third-order valence-electron chi connectivity index (χ3n) is 7.35. The van der Waals surface area contributed by atoms with E-state index in [0.717, 1.165) is 41.4 Å². The second-order valence-electron chi connectivity index (χ2n) is 10.6. The molecule has 0 spiro atoms. The van der Waals surface area contributed by atoms with Gasteiger partial charge in [-0.25, -0.2) is 4.98 Å². The van der Waals surface area contributed by atoms with E-state index in [9.17, 15) is 4.79 Å². The van der Waals surface area contributed by atoms with Gasteiger partial charge in [-0.2, -0.15) is 0 Å². The molecule has 4 heteroatoms. The van der Waals surface area contributed by atoms with Gasteiger partial charge >= 0.3 is 0 Å². The lowest BCUT2D eigenvalue weighted by molar-refractivity contribution is -0.170. The molecule has 3 nitrogen and oxygen atoms in total. The van der Waals surface area contributed by atoms with Crippen molar-refractivity contribution >= 4 is 17.2 Å². The van der Waals surface area contributed by atoms with E-state index in [0.29, 0.717) is 17.4 Å². The molecule has 4 saturated carbocycles. The molecular formula is C24H30N2OS. The van der Waals surface area contributed by atoms with Crippen LogP contribution in [0, 0.1) is 29.1 Å². The molecule has 1 amide bonds. The Labute approximate surface area is 172 Å². The van der Waals surface area contributed by atoms with Crippen molar-refractivity contribution < 1.29 is 4.79 Å². The molecule has 6 rings (SSSR count). The SMILES string of the molecule is Cc1cccc(-c2nc(CNC(=O)C34CC5CC(C)(CC(C)(C5)C3)C4)cs2)c1. The minimum Gasteiger partial charge on any atom is -0.350 e. The van der Waals surface area contributed by atoms with Crippen molar-refractivity contribution in [2.24, 2.45) is 22.2 Å². The summed E-state index contributed by atoms with van der Waals surface area (Å²) in [5, 5.41) is 6.39. The number of rotatable bonds is 4. The van der Waals surface area contributed by atoms with Gasteiger partial charge < -0.3 is 5.32 Å². The smallest absolute Gasteiger partial charge is 0.226 e. The van der Waals surface area contributed by atoms with Crippen molar-refractivity contribution in [3.8, 4) is 10.6 Å². The molecule has 1 N–H and O–H groups in total. The molecule has 4 bridgehead atoms. The lowest BCUT2D eigenvalue weighted by Crippen LogP contribution is -2.59. The Hall–Kier alpha value is -1.68. The van der Waals surface area contributed by atoms with E-state index in [-0.39, 0.29) is 11.3 Å². The number of hydrogen-bond acceptors (Lipinski definition) is 3. The highest BCUT2D eigenvalue weighted by Gasteiger charge is 2.62. The highest BCUT2D eigenvalue weighted by Crippen LogP contribution is 2.69. The van der Waals surface area contributed by atoms with Gasteiger partial charge in [0.15, 0.2) is 0 Å². The minimum absolute atomic E-state index is 0.141. The number of nitrogens with one attached hydrogen (secondary N) is 1. The summed E-state index contributed by atoms with van der Waals surface area (Å²) in [7, 11) is 0. The molecule has 0 radical (unpaired) electrons. The maximum absolute atomic E-state index is 13.3. The van der Waals surface area contributed by atoms with Crippen molar-refractivity contribution in [3.05, 3.63) is 40.9 Å². The van der Waals surface area contributed by atoms with Crippen molar-refractivity contribution in [1.29, 1.82) is 0 Å². The van der Waals surface area contributed by atoms with Crippen LogP contribution in [0.25, 0.3) is 10.6 Å². The van der Waals surface area contributed by atoms with Crippen LogP contribution in [0.4, 0.5) is 0 Å². The van der Waals surface area contributed by atoms with Gasteiger partial charge in [-0.15, -0.1) is 11.3 Å². The summed E-state index contributed by atoms with van der Waals surface area (Å²) >= 11 is 1.66. The quantitative estimate of drug-likeness (QED) is 0.719. The number of amides is 1. The fourth-order valence-corrected chi connectivity index (χ4v) is 8.17. The number of benzene rings is 1. The molecule has 0 saturated heterocycles. The molecule has 4 fully saturated rings. The standard InChI is InChI=1S/C24H30N2OS/c1-16-5-4-6-18(7-16)20-26-19(12-28-20)11-25-21(27)24-10-17-8-22(2,14-24)13-23(3,9-17)15-24/h4-7,12,17H,8-11,13-15H2,1-3H3,(H,25,27). The van der Waals surface area contributed by atoms with Gasteiger partial charge in [0.25, 0.3) is 0 Å². The van der Waals surface area contributed by atoms with Crippen molar-refractivity contribution in [2.45, 2.75) is 65.8 Å². The van der Waals surface area contributed by atoms with E-state index in [1.54, 1.807) is 11.3 Å². The molecule has 0 aliphatic heterocycles. The van der Waals surface area contributed by atoms with Crippen LogP contribution in [0.5, 0.6) is 0 Å². The molecule has 28 heavy (non-hydrogen) atoms. The van der Waals surface area contributed by atoms with E-state index in [1.165, 1.54) is 24.8 Å². The van der Waals surface area contributed by atoms with E-state index >= 15 is 0 Å². The lowest BCUT2D eigenvalue weighted by Gasteiger charge is -2.64. The van der Waals surface area contributed by atoms with Gasteiger partial charge in [-0.3, -0.25) is 4.79 Å². The monoisotopic (exact) mass is 394 g/mol. The molecule has 4 aliphatic rings. The normalized spacial score (nSPS) is 35.9. The zero-order valence-electron chi connectivity index (χ0n) is 17.2. The van der Waals surface area contributed by atoms with Crippen LogP contribution in [0.3, 0.4) is 0 Å². The predicted molar refractivity (Wildman–Crippen MR) is 114 cm³/mol. The second-order valence-corrected chi connectivity index (χ2v) is 11.5. The Morgan fingerprint density at radius 3 is 2.61 bits per heavy atom. The van der Waals surface area contributed by atoms with E-state index in [2.05, 4.69) is 55.7 Å². The summed E-state index contributed by atoms with van der Waals surface area (Å²) < 4.78 is 0. The number of aryl methyl sites for hydroxylation is 1. The van der Waals surface area contributed by atoms with Crippen LogP contribution >= 0.6 is 11.3 Å². The second kappa shape index (κ2) is 6.16. The molecule has 148 valence electrons. The minimum atomic E-state index is -0.141. The first-order valence-electron chi connectivity index (χ1n) is 10.6. The molecule has 2 atom stereocenters. The van der Waals surface area contributed by atoms with Crippen LogP contribution < -0.4 is 5.32 Å². The van der Waals surface area contributed by atoms with Gasteiger partial charge in [0.05, 0.1) is 17.7 Å². The first kappa shape index (κ1) is 18.4. The molecule has 4 aliphatic carbocycles. The van der Waals surface area contributed by atoms with Crippen LogP contribution in [0.1, 0.15) is 63.6 Å². The lowest BCUT2D eigenvalue weighted by atomic mass is 9.40. The molecule has 1 heterocycles. The average molecular weight is 395 g/mol. The Kier molecular flexibility index (Phi) is 4.04. The van der Waals surface area contributed by atoms with E-state index < -0.39 is 0 Å². The highest BCUT2D eigenvalue weighted by atomic mass is 32.1. The maximum atomic E-state index is 13.3. The summed E-state index contributed by atoms with van der Waals surface area (Å²) in [5.74, 6) is 1.02. The topological polar surface area (TPSA) is 42.0 Å². The first-order chi connectivity index (χ1) is 13.3. The molecule has 1 aromatic heterocycles. The van der Waals surface area contributed by atoms with Gasteiger partial charge in [-0.1, -0.05) is 37.6 Å². The number of hydrogen-bond donors (Lipinski definition) is 1. The van der Waals surface area contributed by atoms with Gasteiger partial charge in [0.1, 0.15) is 5.01 Å². The van der Waals surface area contributed by atoms with Crippen molar-refractivity contribution in [2.75, 3.05) is 0 Å². The largest absolute Gasteiger partial charge is 0.350 e. The number of thiazole rings is 1. The Bertz CT molecular complexity index is 914. The Balaban J connectivity index is 1.30. The third kappa shape index (κ3) is 3.10. The van der Waals surface area contributed by atoms with Crippen LogP contribution in [-0.2, 0) is 11.3 Å². The fourth-order valence-electron chi connectivity index (χ4n) is 7.36.